The van der Waals surface area contributed by atoms with E-state index in [0.717, 1.165) is 19.1 Å². The van der Waals surface area contributed by atoms with Gasteiger partial charge in [-0.15, -0.1) is 0 Å². The maximum Gasteiger partial charge on any atom is 0.306 e. The molecular weight excluding hydrogens is 120 g/mol. The molecule has 0 radical (unpaired) electrons. The minimum atomic E-state index is -0.630. The average Bonchev–Trinajstić information content (AvgIpc) is 2.44. The van der Waals surface area contributed by atoms with E-state index in [9.17, 15) is 4.79 Å². The first-order chi connectivity index (χ1) is 4.22. The molecule has 1 saturated carbocycles. The van der Waals surface area contributed by atoms with Crippen LogP contribution in [-0.4, -0.2) is 17.4 Å². The van der Waals surface area contributed by atoms with Crippen molar-refractivity contribution in [2.45, 2.75) is 19.8 Å². The Labute approximate surface area is 53.7 Å². The number of hydrogen-bond donors (Lipinski definition) is 1. The molecule has 0 aromatic carbocycles. The highest BCUT2D eigenvalue weighted by atomic mass is 16.4. The Kier molecular flexibility index (Phi) is 3.67. The van der Waals surface area contributed by atoms with Crippen LogP contribution in [0.1, 0.15) is 19.8 Å². The molecule has 9 heavy (non-hydrogen) atoms. The van der Waals surface area contributed by atoms with Crippen molar-refractivity contribution >= 4 is 12.3 Å². The van der Waals surface area contributed by atoms with E-state index in [1.54, 1.807) is 0 Å². The smallest absolute Gasteiger partial charge is 0.306 e. The molecule has 0 unspecified atom stereocenters. The zero-order chi connectivity index (χ0) is 7.28. The third-order valence-corrected chi connectivity index (χ3v) is 0.927. The van der Waals surface area contributed by atoms with Crippen LogP contribution >= 0.6 is 0 Å². The van der Waals surface area contributed by atoms with Gasteiger partial charge in [0.2, 0.25) is 0 Å². The number of hydrogen-bond acceptors (Lipinski definition) is 2. The Morgan fingerprint density at radius 1 is 1.67 bits per heavy atom. The van der Waals surface area contributed by atoms with Gasteiger partial charge in [-0.25, -0.2) is 0 Å². The van der Waals surface area contributed by atoms with Crippen LogP contribution in [-0.2, 0) is 9.59 Å². The van der Waals surface area contributed by atoms with Gasteiger partial charge in [-0.3, -0.25) is 4.79 Å². The molecule has 0 saturated heterocycles. The van der Waals surface area contributed by atoms with E-state index in [2.05, 4.69) is 0 Å². The maximum atomic E-state index is 9.76. The molecule has 1 N–H and O–H groups in total. The van der Waals surface area contributed by atoms with Gasteiger partial charge in [0.1, 0.15) is 6.29 Å². The summed E-state index contributed by atoms with van der Waals surface area (Å²) in [5.41, 5.74) is 0. The van der Waals surface area contributed by atoms with E-state index < -0.39 is 5.97 Å². The van der Waals surface area contributed by atoms with Crippen LogP contribution in [0.3, 0.4) is 0 Å². The lowest BCUT2D eigenvalue weighted by molar-refractivity contribution is -0.138. The molecule has 0 aromatic rings. The molecule has 1 aliphatic carbocycles. The van der Waals surface area contributed by atoms with Crippen molar-refractivity contribution in [2.24, 2.45) is 5.92 Å². The summed E-state index contributed by atoms with van der Waals surface area (Å²) in [5, 5.41) is 8.05. The van der Waals surface area contributed by atoms with E-state index in [4.69, 9.17) is 9.90 Å². The van der Waals surface area contributed by atoms with E-state index in [0.29, 0.717) is 0 Å². The summed E-state index contributed by atoms with van der Waals surface area (Å²) in [6, 6.07) is 0. The Balaban J connectivity index is 0.000000187. The first-order valence-corrected chi connectivity index (χ1v) is 2.85. The fourth-order valence-corrected chi connectivity index (χ4v) is 0.330. The van der Waals surface area contributed by atoms with Crippen molar-refractivity contribution in [1.82, 2.24) is 0 Å². The van der Waals surface area contributed by atoms with Gasteiger partial charge in [-0.1, -0.05) is 0 Å². The number of aldehydes is 1. The molecule has 0 spiro atoms. The predicted molar refractivity (Wildman–Crippen MR) is 32.1 cm³/mol. The fraction of sp³-hybridized carbons (Fsp3) is 0.667. The molecule has 1 aliphatic rings. The van der Waals surface area contributed by atoms with Crippen molar-refractivity contribution < 1.29 is 14.7 Å². The zero-order valence-electron chi connectivity index (χ0n) is 5.33. The van der Waals surface area contributed by atoms with Crippen molar-refractivity contribution in [3.8, 4) is 0 Å². The molecule has 1 rings (SSSR count). The van der Waals surface area contributed by atoms with Gasteiger partial charge in [0.05, 0.1) is 5.92 Å². The summed E-state index contributed by atoms with van der Waals surface area (Å²) in [6.45, 7) is 1.44. The number of carbonyl (C=O) groups is 2. The van der Waals surface area contributed by atoms with Crippen LogP contribution in [0.25, 0.3) is 0 Å². The lowest BCUT2D eigenvalue weighted by Gasteiger charge is -1.75. The third kappa shape index (κ3) is 5.00. The van der Waals surface area contributed by atoms with Crippen molar-refractivity contribution in [2.75, 3.05) is 0 Å². The quantitative estimate of drug-likeness (QED) is 0.531. The number of carbonyl (C=O) groups excluding carboxylic acids is 1. The maximum absolute atomic E-state index is 9.76. The summed E-state index contributed by atoms with van der Waals surface area (Å²) in [6.07, 6.45) is 2.55. The van der Waals surface area contributed by atoms with Crippen LogP contribution in [0.5, 0.6) is 0 Å². The van der Waals surface area contributed by atoms with Gasteiger partial charge < -0.3 is 9.90 Å². The van der Waals surface area contributed by atoms with Crippen LogP contribution in [0.15, 0.2) is 0 Å². The lowest BCUT2D eigenvalue weighted by atomic mass is 10.5. The first kappa shape index (κ1) is 8.14. The summed E-state index contributed by atoms with van der Waals surface area (Å²) < 4.78 is 0. The minimum Gasteiger partial charge on any atom is -0.481 e. The van der Waals surface area contributed by atoms with Crippen LogP contribution in [0.4, 0.5) is 0 Å². The Morgan fingerprint density at radius 3 is 2.00 bits per heavy atom. The molecule has 0 aromatic heterocycles. The molecule has 3 nitrogen and oxygen atoms in total. The van der Waals surface area contributed by atoms with Crippen LogP contribution in [0.2, 0.25) is 0 Å². The van der Waals surface area contributed by atoms with Gasteiger partial charge >= 0.3 is 5.97 Å². The zero-order valence-corrected chi connectivity index (χ0v) is 5.33. The highest BCUT2D eigenvalue weighted by Gasteiger charge is 2.28. The lowest BCUT2D eigenvalue weighted by Crippen LogP contribution is -1.94. The fourth-order valence-electron chi connectivity index (χ4n) is 0.330. The standard InChI is InChI=1S/C4H6O2.C2H4O/c5-4(6)3-1-2-3;1-2-3/h3H,1-2H2,(H,5,6);2H,1H3. The van der Waals surface area contributed by atoms with Gasteiger partial charge in [0, 0.05) is 0 Å². The summed E-state index contributed by atoms with van der Waals surface area (Å²) in [5.74, 6) is -0.611. The van der Waals surface area contributed by atoms with E-state index in [1.165, 1.54) is 6.92 Å². The third-order valence-electron chi connectivity index (χ3n) is 0.927. The Bertz CT molecular complexity index is 105. The largest absolute Gasteiger partial charge is 0.481 e. The van der Waals surface area contributed by atoms with Crippen molar-refractivity contribution in [3.05, 3.63) is 0 Å². The molecule has 0 amide bonds. The first-order valence-electron chi connectivity index (χ1n) is 2.85. The number of rotatable bonds is 1. The molecular formula is C6H10O3. The molecule has 1 fully saturated rings. The molecule has 0 heterocycles. The minimum absolute atomic E-state index is 0.0185. The van der Waals surface area contributed by atoms with E-state index in [-0.39, 0.29) is 5.92 Å². The van der Waals surface area contributed by atoms with Crippen molar-refractivity contribution in [1.29, 1.82) is 0 Å². The highest BCUT2D eigenvalue weighted by molar-refractivity contribution is 5.72. The summed E-state index contributed by atoms with van der Waals surface area (Å²) >= 11 is 0. The highest BCUT2D eigenvalue weighted by Crippen LogP contribution is 2.28. The number of carboxylic acids is 1. The molecule has 3 heteroatoms. The van der Waals surface area contributed by atoms with Crippen LogP contribution in [0, 0.1) is 5.92 Å². The Hall–Kier alpha value is -0.860. The molecule has 52 valence electrons. The van der Waals surface area contributed by atoms with Gasteiger partial charge in [-0.05, 0) is 19.8 Å². The average molecular weight is 130 g/mol. The summed E-state index contributed by atoms with van der Waals surface area (Å²) in [4.78, 5) is 18.6. The van der Waals surface area contributed by atoms with E-state index >= 15 is 0 Å². The van der Waals surface area contributed by atoms with Crippen molar-refractivity contribution in [3.63, 3.8) is 0 Å². The second-order valence-corrected chi connectivity index (χ2v) is 1.85. The van der Waals surface area contributed by atoms with Gasteiger partial charge in [0.25, 0.3) is 0 Å². The molecule has 0 bridgehead atoms. The SMILES string of the molecule is CC=O.O=C(O)C1CC1. The summed E-state index contributed by atoms with van der Waals surface area (Å²) in [7, 11) is 0. The number of carboxylic acid groups (broad SMARTS) is 1. The van der Waals surface area contributed by atoms with Crippen LogP contribution < -0.4 is 0 Å². The molecule has 0 aliphatic heterocycles. The predicted octanol–water partition coefficient (Wildman–Crippen LogP) is 0.686. The topological polar surface area (TPSA) is 54.4 Å². The second-order valence-electron chi connectivity index (χ2n) is 1.85. The Morgan fingerprint density at radius 2 is 2.00 bits per heavy atom. The monoisotopic (exact) mass is 130 g/mol. The van der Waals surface area contributed by atoms with E-state index in [1.807, 2.05) is 0 Å². The molecule has 0 atom stereocenters. The van der Waals surface area contributed by atoms with Gasteiger partial charge in [0.15, 0.2) is 0 Å². The normalized spacial score (nSPS) is 15.2. The second kappa shape index (κ2) is 4.06. The van der Waals surface area contributed by atoms with Gasteiger partial charge in [-0.2, -0.15) is 0 Å². The number of aliphatic carboxylic acids is 1.